The maximum atomic E-state index is 10.9. The zero-order chi connectivity index (χ0) is 13.5. The SMILES string of the molecule is CCC(OC)C(C)CC(C)(COC)CC(=O)O. The van der Waals surface area contributed by atoms with E-state index in [9.17, 15) is 4.79 Å². The topological polar surface area (TPSA) is 55.8 Å². The van der Waals surface area contributed by atoms with Gasteiger partial charge >= 0.3 is 5.97 Å². The van der Waals surface area contributed by atoms with E-state index in [0.29, 0.717) is 12.5 Å². The van der Waals surface area contributed by atoms with E-state index in [2.05, 4.69) is 13.8 Å². The first-order valence-electron chi connectivity index (χ1n) is 6.12. The van der Waals surface area contributed by atoms with Crippen LogP contribution in [0, 0.1) is 11.3 Å². The highest BCUT2D eigenvalue weighted by Gasteiger charge is 2.31. The zero-order valence-electron chi connectivity index (χ0n) is 11.7. The molecule has 3 unspecified atom stereocenters. The number of ether oxygens (including phenoxy) is 2. The average Bonchev–Trinajstić information content (AvgIpc) is 2.17. The molecule has 0 aliphatic rings. The van der Waals surface area contributed by atoms with Crippen molar-refractivity contribution < 1.29 is 19.4 Å². The molecule has 1 N–H and O–H groups in total. The summed E-state index contributed by atoms with van der Waals surface area (Å²) in [4.78, 5) is 10.9. The average molecular weight is 246 g/mol. The Morgan fingerprint density at radius 3 is 2.35 bits per heavy atom. The van der Waals surface area contributed by atoms with Crippen molar-refractivity contribution in [3.05, 3.63) is 0 Å². The lowest BCUT2D eigenvalue weighted by atomic mass is 9.77. The fraction of sp³-hybridized carbons (Fsp3) is 0.923. The summed E-state index contributed by atoms with van der Waals surface area (Å²) in [6.07, 6.45) is 2.04. The number of methoxy groups -OCH3 is 2. The van der Waals surface area contributed by atoms with Crippen molar-refractivity contribution >= 4 is 5.97 Å². The summed E-state index contributed by atoms with van der Waals surface area (Å²) < 4.78 is 10.6. The Morgan fingerprint density at radius 2 is 2.00 bits per heavy atom. The van der Waals surface area contributed by atoms with Crippen LogP contribution < -0.4 is 0 Å². The molecule has 0 saturated heterocycles. The maximum absolute atomic E-state index is 10.9. The fourth-order valence-electron chi connectivity index (χ4n) is 2.61. The van der Waals surface area contributed by atoms with Gasteiger partial charge in [-0.05, 0) is 18.8 Å². The third-order valence-electron chi connectivity index (χ3n) is 3.23. The van der Waals surface area contributed by atoms with E-state index < -0.39 is 5.97 Å². The van der Waals surface area contributed by atoms with Gasteiger partial charge < -0.3 is 14.6 Å². The number of hydrogen-bond acceptors (Lipinski definition) is 3. The molecular formula is C13H26O4. The summed E-state index contributed by atoms with van der Waals surface area (Å²) in [6, 6.07) is 0. The lowest BCUT2D eigenvalue weighted by Crippen LogP contribution is -2.32. The van der Waals surface area contributed by atoms with Crippen LogP contribution in [0.4, 0.5) is 0 Å². The smallest absolute Gasteiger partial charge is 0.303 e. The minimum Gasteiger partial charge on any atom is -0.481 e. The van der Waals surface area contributed by atoms with E-state index in [1.54, 1.807) is 14.2 Å². The molecule has 0 bridgehead atoms. The van der Waals surface area contributed by atoms with Gasteiger partial charge in [-0.25, -0.2) is 0 Å². The van der Waals surface area contributed by atoms with Gasteiger partial charge in [-0.1, -0.05) is 20.8 Å². The van der Waals surface area contributed by atoms with Gasteiger partial charge in [-0.15, -0.1) is 0 Å². The normalized spacial score (nSPS) is 18.4. The summed E-state index contributed by atoms with van der Waals surface area (Å²) in [5.41, 5.74) is -0.327. The van der Waals surface area contributed by atoms with Crippen molar-refractivity contribution in [3.8, 4) is 0 Å². The lowest BCUT2D eigenvalue weighted by Gasteiger charge is -2.32. The van der Waals surface area contributed by atoms with Crippen LogP contribution in [0.5, 0.6) is 0 Å². The molecule has 0 aromatic rings. The zero-order valence-corrected chi connectivity index (χ0v) is 11.7. The molecule has 0 aromatic carbocycles. The van der Waals surface area contributed by atoms with Crippen LogP contribution in [0.25, 0.3) is 0 Å². The molecule has 0 fully saturated rings. The minimum absolute atomic E-state index is 0.130. The molecule has 0 heterocycles. The van der Waals surface area contributed by atoms with Gasteiger partial charge in [0, 0.05) is 19.6 Å². The van der Waals surface area contributed by atoms with Crippen LogP contribution in [0.3, 0.4) is 0 Å². The molecule has 4 nitrogen and oxygen atoms in total. The number of hydrogen-bond donors (Lipinski definition) is 1. The lowest BCUT2D eigenvalue weighted by molar-refractivity contribution is -0.141. The molecule has 3 atom stereocenters. The highest BCUT2D eigenvalue weighted by molar-refractivity contribution is 5.67. The molecule has 0 aromatic heterocycles. The molecule has 0 spiro atoms. The molecule has 0 aliphatic carbocycles. The Balaban J connectivity index is 4.56. The van der Waals surface area contributed by atoms with Gasteiger partial charge in [-0.2, -0.15) is 0 Å². The highest BCUT2D eigenvalue weighted by Crippen LogP contribution is 2.32. The maximum Gasteiger partial charge on any atom is 0.303 e. The number of carboxylic acids is 1. The van der Waals surface area contributed by atoms with Crippen molar-refractivity contribution in [1.29, 1.82) is 0 Å². The fourth-order valence-corrected chi connectivity index (χ4v) is 2.61. The van der Waals surface area contributed by atoms with Crippen LogP contribution in [0.2, 0.25) is 0 Å². The number of carboxylic acid groups (broad SMARTS) is 1. The quantitative estimate of drug-likeness (QED) is 0.679. The third kappa shape index (κ3) is 6.03. The summed E-state index contributed by atoms with van der Waals surface area (Å²) in [5.74, 6) is -0.452. The standard InChI is InChI=1S/C13H26O4/c1-6-11(17-5)10(2)7-13(3,9-16-4)8-12(14)15/h10-11H,6-9H2,1-5H3,(H,14,15). The van der Waals surface area contributed by atoms with Gasteiger partial charge in [-0.3, -0.25) is 4.79 Å². The molecular weight excluding hydrogens is 220 g/mol. The largest absolute Gasteiger partial charge is 0.481 e. The second kappa shape index (κ2) is 7.67. The molecule has 0 rings (SSSR count). The minimum atomic E-state index is -0.776. The predicted molar refractivity (Wildman–Crippen MR) is 67.1 cm³/mol. The van der Waals surface area contributed by atoms with Crippen LogP contribution in [0.15, 0.2) is 0 Å². The van der Waals surface area contributed by atoms with E-state index in [0.717, 1.165) is 12.8 Å². The highest BCUT2D eigenvalue weighted by atomic mass is 16.5. The molecule has 0 saturated carbocycles. The van der Waals surface area contributed by atoms with Gasteiger partial charge in [0.2, 0.25) is 0 Å². The van der Waals surface area contributed by atoms with Crippen molar-refractivity contribution in [2.45, 2.75) is 46.1 Å². The van der Waals surface area contributed by atoms with E-state index in [-0.39, 0.29) is 17.9 Å². The Morgan fingerprint density at radius 1 is 1.41 bits per heavy atom. The molecule has 0 aliphatic heterocycles. The van der Waals surface area contributed by atoms with Crippen molar-refractivity contribution in [1.82, 2.24) is 0 Å². The summed E-state index contributed by atoms with van der Waals surface area (Å²) in [5, 5.41) is 8.95. The Labute approximate surface area is 104 Å². The number of aliphatic carboxylic acids is 1. The van der Waals surface area contributed by atoms with Gasteiger partial charge in [0.05, 0.1) is 19.1 Å². The summed E-state index contributed by atoms with van der Waals surface area (Å²) in [7, 11) is 3.31. The number of carbonyl (C=O) groups is 1. The second-order valence-electron chi connectivity index (χ2n) is 5.18. The Bertz CT molecular complexity index is 225. The van der Waals surface area contributed by atoms with Crippen LogP contribution >= 0.6 is 0 Å². The first kappa shape index (κ1) is 16.4. The second-order valence-corrected chi connectivity index (χ2v) is 5.18. The third-order valence-corrected chi connectivity index (χ3v) is 3.23. The van der Waals surface area contributed by atoms with Gasteiger partial charge in [0.25, 0.3) is 0 Å². The van der Waals surface area contributed by atoms with Gasteiger partial charge in [0.15, 0.2) is 0 Å². The van der Waals surface area contributed by atoms with Crippen LogP contribution in [-0.2, 0) is 14.3 Å². The molecule has 17 heavy (non-hydrogen) atoms. The first-order chi connectivity index (χ1) is 7.88. The van der Waals surface area contributed by atoms with Crippen molar-refractivity contribution in [2.75, 3.05) is 20.8 Å². The predicted octanol–water partition coefficient (Wildman–Crippen LogP) is 2.57. The van der Waals surface area contributed by atoms with E-state index in [4.69, 9.17) is 14.6 Å². The van der Waals surface area contributed by atoms with E-state index in [1.807, 2.05) is 6.92 Å². The van der Waals surface area contributed by atoms with Crippen LogP contribution in [-0.4, -0.2) is 38.0 Å². The Kier molecular flexibility index (Phi) is 7.39. The van der Waals surface area contributed by atoms with Crippen molar-refractivity contribution in [2.24, 2.45) is 11.3 Å². The molecule has 0 radical (unpaired) electrons. The Hall–Kier alpha value is -0.610. The monoisotopic (exact) mass is 246 g/mol. The van der Waals surface area contributed by atoms with Crippen LogP contribution in [0.1, 0.15) is 40.0 Å². The van der Waals surface area contributed by atoms with Crippen molar-refractivity contribution in [3.63, 3.8) is 0 Å². The first-order valence-corrected chi connectivity index (χ1v) is 6.12. The number of rotatable bonds is 9. The van der Waals surface area contributed by atoms with E-state index >= 15 is 0 Å². The van der Waals surface area contributed by atoms with E-state index in [1.165, 1.54) is 0 Å². The summed E-state index contributed by atoms with van der Waals surface area (Å²) >= 11 is 0. The molecule has 0 amide bonds. The molecule has 102 valence electrons. The molecule has 4 heteroatoms. The van der Waals surface area contributed by atoms with Gasteiger partial charge in [0.1, 0.15) is 0 Å². The summed E-state index contributed by atoms with van der Waals surface area (Å²) in [6.45, 7) is 6.61.